The zero-order valence-electron chi connectivity index (χ0n) is 8.85. The molecule has 0 bridgehead atoms. The number of rotatable bonds is 1. The lowest BCUT2D eigenvalue weighted by Gasteiger charge is -1.98. The fourth-order valence-corrected chi connectivity index (χ4v) is 1.17. The van der Waals surface area contributed by atoms with E-state index in [0.29, 0.717) is 5.76 Å². The van der Waals surface area contributed by atoms with Crippen molar-refractivity contribution in [3.05, 3.63) is 41.8 Å². The first kappa shape index (κ1) is 12.8. The Balaban J connectivity index is 0.000000437. The summed E-state index contributed by atoms with van der Waals surface area (Å²) in [5, 5.41) is 6.89. The number of carboxylic acid groups (broad SMARTS) is 1. The van der Waals surface area contributed by atoms with Gasteiger partial charge in [-0.2, -0.15) is 0 Å². The van der Waals surface area contributed by atoms with E-state index < -0.39 is 11.6 Å². The highest BCUT2D eigenvalue weighted by molar-refractivity contribution is 5.54. The minimum atomic E-state index is -0.674. The van der Waals surface area contributed by atoms with E-state index in [1.807, 2.05) is 0 Å². The molecule has 1 aromatic heterocycles. The maximum absolute atomic E-state index is 13.2. The number of carbonyl (C=O) groups is 1. The Labute approximate surface area is 95.5 Å². The highest BCUT2D eigenvalue weighted by atomic mass is 19.1. The van der Waals surface area contributed by atoms with Crippen LogP contribution in [0.3, 0.4) is 0 Å². The molecule has 1 aromatic carbocycles. The van der Waals surface area contributed by atoms with Gasteiger partial charge in [-0.05, 0) is 19.1 Å². The molecule has 0 spiro atoms. The molecular formula is C11H9F2NO3. The number of aryl methyl sites for hydroxylation is 1. The first-order chi connectivity index (χ1) is 8.10. The fraction of sp³-hybridized carbons (Fsp3) is 0.0909. The lowest BCUT2D eigenvalue weighted by Crippen LogP contribution is -1.88. The molecule has 90 valence electrons. The molecule has 0 saturated carbocycles. The van der Waals surface area contributed by atoms with Gasteiger partial charge >= 0.3 is 0 Å². The van der Waals surface area contributed by atoms with Crippen molar-refractivity contribution in [1.82, 2.24) is 4.98 Å². The lowest BCUT2D eigenvalue weighted by molar-refractivity contribution is -0.122. The maximum atomic E-state index is 13.2. The minimum absolute atomic E-state index is 0.0295. The van der Waals surface area contributed by atoms with Gasteiger partial charge in [0.2, 0.25) is 5.89 Å². The third-order valence-corrected chi connectivity index (χ3v) is 1.80. The molecule has 17 heavy (non-hydrogen) atoms. The van der Waals surface area contributed by atoms with E-state index in [-0.39, 0.29) is 17.9 Å². The van der Waals surface area contributed by atoms with E-state index >= 15 is 0 Å². The highest BCUT2D eigenvalue weighted by Gasteiger charge is 2.15. The largest absolute Gasteiger partial charge is 0.483 e. The summed E-state index contributed by atoms with van der Waals surface area (Å²) in [5.74, 6) is -0.862. The van der Waals surface area contributed by atoms with Crippen molar-refractivity contribution in [2.24, 2.45) is 0 Å². The van der Waals surface area contributed by atoms with Crippen LogP contribution < -0.4 is 0 Å². The number of hydrogen-bond acceptors (Lipinski definition) is 3. The first-order valence-corrected chi connectivity index (χ1v) is 4.54. The van der Waals surface area contributed by atoms with Crippen LogP contribution in [0.5, 0.6) is 0 Å². The topological polar surface area (TPSA) is 63.3 Å². The number of benzene rings is 1. The number of hydrogen-bond donors (Lipinski definition) is 1. The first-order valence-electron chi connectivity index (χ1n) is 4.54. The molecule has 4 nitrogen and oxygen atoms in total. The van der Waals surface area contributed by atoms with Crippen LogP contribution in [0.2, 0.25) is 0 Å². The van der Waals surface area contributed by atoms with Gasteiger partial charge < -0.3 is 9.52 Å². The highest BCUT2D eigenvalue weighted by Crippen LogP contribution is 2.24. The Morgan fingerprint density at radius 1 is 1.35 bits per heavy atom. The van der Waals surface area contributed by atoms with Crippen molar-refractivity contribution in [3.63, 3.8) is 0 Å². The molecule has 0 radical (unpaired) electrons. The summed E-state index contributed by atoms with van der Waals surface area (Å²) in [6, 6.07) is 3.62. The summed E-state index contributed by atoms with van der Waals surface area (Å²) < 4.78 is 31.5. The predicted octanol–water partition coefficient (Wildman–Crippen LogP) is 2.63. The van der Waals surface area contributed by atoms with Crippen molar-refractivity contribution < 1.29 is 23.1 Å². The molecule has 1 heterocycles. The Morgan fingerprint density at radius 2 is 1.88 bits per heavy atom. The van der Waals surface area contributed by atoms with E-state index in [0.717, 1.165) is 12.1 Å². The molecule has 1 N–H and O–H groups in total. The normalized spacial score (nSPS) is 9.35. The molecule has 0 aliphatic rings. The SMILES string of the molecule is Cc1cnc(-c2c(F)cccc2F)o1.O=CO. The van der Waals surface area contributed by atoms with Crippen LogP contribution >= 0.6 is 0 Å². The summed E-state index contributed by atoms with van der Waals surface area (Å²) in [6.07, 6.45) is 1.42. The molecule has 0 aliphatic heterocycles. The molecule has 0 unspecified atom stereocenters. The smallest absolute Gasteiger partial charge is 0.290 e. The summed E-state index contributed by atoms with van der Waals surface area (Å²) in [5.41, 5.74) is -0.222. The Morgan fingerprint density at radius 3 is 2.29 bits per heavy atom. The van der Waals surface area contributed by atoms with Gasteiger partial charge in [-0.3, -0.25) is 4.79 Å². The number of aromatic nitrogens is 1. The Kier molecular flexibility index (Phi) is 4.33. The second kappa shape index (κ2) is 5.74. The van der Waals surface area contributed by atoms with Crippen molar-refractivity contribution in [1.29, 1.82) is 0 Å². The second-order valence-corrected chi connectivity index (χ2v) is 2.98. The van der Waals surface area contributed by atoms with Gasteiger partial charge in [0.1, 0.15) is 23.0 Å². The van der Waals surface area contributed by atoms with Gasteiger partial charge in [-0.1, -0.05) is 6.07 Å². The summed E-state index contributed by atoms with van der Waals surface area (Å²) in [6.45, 7) is 1.41. The second-order valence-electron chi connectivity index (χ2n) is 2.98. The van der Waals surface area contributed by atoms with Gasteiger partial charge in [0.05, 0.1) is 6.20 Å². The standard InChI is InChI=1S/C10H7F2NO.CH2O2/c1-6-5-13-10(14-6)9-7(11)3-2-4-8(9)12;2-1-3/h2-5H,1H3;1H,(H,2,3). The molecule has 0 atom stereocenters. The average molecular weight is 241 g/mol. The third kappa shape index (κ3) is 3.10. The summed E-state index contributed by atoms with van der Waals surface area (Å²) in [4.78, 5) is 12.1. The third-order valence-electron chi connectivity index (χ3n) is 1.80. The van der Waals surface area contributed by atoms with Crippen molar-refractivity contribution in [3.8, 4) is 11.5 Å². The van der Waals surface area contributed by atoms with E-state index in [2.05, 4.69) is 4.98 Å². The Hall–Kier alpha value is -2.24. The van der Waals surface area contributed by atoms with Crippen LogP contribution in [0.25, 0.3) is 11.5 Å². The van der Waals surface area contributed by atoms with Crippen molar-refractivity contribution in [2.75, 3.05) is 0 Å². The van der Waals surface area contributed by atoms with E-state index in [4.69, 9.17) is 14.3 Å². The van der Waals surface area contributed by atoms with Crippen molar-refractivity contribution >= 4 is 6.47 Å². The van der Waals surface area contributed by atoms with Crippen LogP contribution in [0.15, 0.2) is 28.8 Å². The molecule has 0 saturated heterocycles. The Bertz CT molecular complexity index is 491. The van der Waals surface area contributed by atoms with Crippen LogP contribution in [0.1, 0.15) is 5.76 Å². The fourth-order valence-electron chi connectivity index (χ4n) is 1.17. The van der Waals surface area contributed by atoms with E-state index in [9.17, 15) is 8.78 Å². The molecule has 0 aliphatic carbocycles. The van der Waals surface area contributed by atoms with Crippen LogP contribution in [-0.4, -0.2) is 16.6 Å². The zero-order valence-corrected chi connectivity index (χ0v) is 8.85. The maximum Gasteiger partial charge on any atom is 0.290 e. The molecule has 0 fully saturated rings. The van der Waals surface area contributed by atoms with Gasteiger partial charge in [0, 0.05) is 0 Å². The monoisotopic (exact) mass is 241 g/mol. The van der Waals surface area contributed by atoms with Gasteiger partial charge in [-0.15, -0.1) is 0 Å². The van der Waals surface area contributed by atoms with Gasteiger partial charge in [0.15, 0.2) is 0 Å². The summed E-state index contributed by atoms with van der Waals surface area (Å²) in [7, 11) is 0. The minimum Gasteiger partial charge on any atom is -0.483 e. The predicted molar refractivity (Wildman–Crippen MR) is 55.3 cm³/mol. The number of nitrogens with zero attached hydrogens (tertiary/aromatic N) is 1. The van der Waals surface area contributed by atoms with E-state index in [1.165, 1.54) is 12.3 Å². The van der Waals surface area contributed by atoms with Crippen LogP contribution in [0.4, 0.5) is 8.78 Å². The van der Waals surface area contributed by atoms with Gasteiger partial charge in [-0.25, -0.2) is 13.8 Å². The summed E-state index contributed by atoms with van der Waals surface area (Å²) >= 11 is 0. The number of halogens is 2. The molecule has 2 aromatic rings. The quantitative estimate of drug-likeness (QED) is 0.779. The molecule has 2 rings (SSSR count). The van der Waals surface area contributed by atoms with Crippen molar-refractivity contribution in [2.45, 2.75) is 6.92 Å². The molecule has 6 heteroatoms. The van der Waals surface area contributed by atoms with Crippen LogP contribution in [0, 0.1) is 18.6 Å². The van der Waals surface area contributed by atoms with Crippen LogP contribution in [-0.2, 0) is 4.79 Å². The number of oxazole rings is 1. The lowest BCUT2D eigenvalue weighted by atomic mass is 10.2. The molecular weight excluding hydrogens is 232 g/mol. The van der Waals surface area contributed by atoms with E-state index in [1.54, 1.807) is 6.92 Å². The zero-order chi connectivity index (χ0) is 12.8. The average Bonchev–Trinajstić information content (AvgIpc) is 2.66. The van der Waals surface area contributed by atoms with Gasteiger partial charge in [0.25, 0.3) is 6.47 Å². The molecule has 0 amide bonds.